The lowest BCUT2D eigenvalue weighted by atomic mass is 9.85. The van der Waals surface area contributed by atoms with Crippen LogP contribution in [-0.2, 0) is 4.79 Å². The molecule has 1 saturated heterocycles. The van der Waals surface area contributed by atoms with Gasteiger partial charge in [-0.2, -0.15) is 13.2 Å². The molecule has 1 heterocycles. The van der Waals surface area contributed by atoms with E-state index in [-0.39, 0.29) is 30.7 Å². The summed E-state index contributed by atoms with van der Waals surface area (Å²) in [6.07, 6.45) is -1.91. The van der Waals surface area contributed by atoms with Crippen LogP contribution in [0.3, 0.4) is 0 Å². The Morgan fingerprint density at radius 3 is 2.61 bits per heavy atom. The number of halogens is 3. The minimum absolute atomic E-state index is 0.0371. The van der Waals surface area contributed by atoms with Crippen molar-refractivity contribution in [2.75, 3.05) is 13.1 Å². The maximum atomic E-state index is 12.6. The summed E-state index contributed by atoms with van der Waals surface area (Å²) < 4.78 is 37.9. The predicted molar refractivity (Wildman–Crippen MR) is 60.9 cm³/mol. The van der Waals surface area contributed by atoms with E-state index in [1.807, 2.05) is 0 Å². The summed E-state index contributed by atoms with van der Waals surface area (Å²) in [7, 11) is 0. The molecule has 3 unspecified atom stereocenters. The molecule has 18 heavy (non-hydrogen) atoms. The van der Waals surface area contributed by atoms with Crippen LogP contribution in [0.2, 0.25) is 0 Å². The molecular weight excluding hydrogens is 245 g/mol. The van der Waals surface area contributed by atoms with Crippen LogP contribution in [0.1, 0.15) is 32.1 Å². The summed E-state index contributed by atoms with van der Waals surface area (Å²) in [5.74, 6) is -1.41. The fraction of sp³-hybridized carbons (Fsp3) is 0.917. The molecule has 0 radical (unpaired) electrons. The van der Waals surface area contributed by atoms with Crippen molar-refractivity contribution >= 4 is 5.91 Å². The molecule has 0 bridgehead atoms. The molecule has 6 heteroatoms. The molecule has 2 rings (SSSR count). The Labute approximate surface area is 104 Å². The van der Waals surface area contributed by atoms with Gasteiger partial charge in [-0.25, -0.2) is 0 Å². The first-order chi connectivity index (χ1) is 8.47. The zero-order valence-electron chi connectivity index (χ0n) is 10.2. The molecule has 2 fully saturated rings. The van der Waals surface area contributed by atoms with Gasteiger partial charge in [0.25, 0.3) is 0 Å². The summed E-state index contributed by atoms with van der Waals surface area (Å²) in [6.45, 7) is 1.45. The van der Waals surface area contributed by atoms with Crippen molar-refractivity contribution in [1.82, 2.24) is 10.6 Å². The van der Waals surface area contributed by atoms with Crippen molar-refractivity contribution in [3.8, 4) is 0 Å². The summed E-state index contributed by atoms with van der Waals surface area (Å²) in [4.78, 5) is 11.8. The Balaban J connectivity index is 1.83. The molecule has 3 nitrogen and oxygen atoms in total. The fourth-order valence-electron chi connectivity index (χ4n) is 2.82. The third-order valence-electron chi connectivity index (χ3n) is 3.91. The molecule has 1 aliphatic carbocycles. The topological polar surface area (TPSA) is 41.1 Å². The molecule has 1 amide bonds. The van der Waals surface area contributed by atoms with Gasteiger partial charge >= 0.3 is 6.18 Å². The average Bonchev–Trinajstić information content (AvgIpc) is 2.81. The third-order valence-corrected chi connectivity index (χ3v) is 3.91. The van der Waals surface area contributed by atoms with Gasteiger partial charge in [0.15, 0.2) is 0 Å². The lowest BCUT2D eigenvalue weighted by Gasteiger charge is -2.31. The van der Waals surface area contributed by atoms with Crippen molar-refractivity contribution in [3.05, 3.63) is 0 Å². The second-order valence-electron chi connectivity index (χ2n) is 5.30. The summed E-state index contributed by atoms with van der Waals surface area (Å²) in [5.41, 5.74) is 0. The number of hydrogen-bond donors (Lipinski definition) is 2. The van der Waals surface area contributed by atoms with Crippen LogP contribution in [0.5, 0.6) is 0 Å². The number of nitrogens with one attached hydrogen (secondary N) is 2. The molecular formula is C12H19F3N2O. The molecule has 104 valence electrons. The van der Waals surface area contributed by atoms with Gasteiger partial charge < -0.3 is 10.6 Å². The summed E-state index contributed by atoms with van der Waals surface area (Å²) >= 11 is 0. The van der Waals surface area contributed by atoms with Gasteiger partial charge in [-0.1, -0.05) is 6.42 Å². The Morgan fingerprint density at radius 2 is 2.00 bits per heavy atom. The van der Waals surface area contributed by atoms with Gasteiger partial charge in [0.2, 0.25) is 5.91 Å². The number of amides is 1. The van der Waals surface area contributed by atoms with E-state index in [0.29, 0.717) is 19.4 Å². The van der Waals surface area contributed by atoms with Crippen LogP contribution >= 0.6 is 0 Å². The van der Waals surface area contributed by atoms with Gasteiger partial charge in [-0.05, 0) is 32.2 Å². The maximum Gasteiger partial charge on any atom is 0.391 e. The van der Waals surface area contributed by atoms with E-state index in [1.165, 1.54) is 0 Å². The zero-order valence-corrected chi connectivity index (χ0v) is 10.2. The van der Waals surface area contributed by atoms with Gasteiger partial charge in [0.05, 0.1) is 11.8 Å². The highest BCUT2D eigenvalue weighted by atomic mass is 19.4. The molecule has 0 aromatic carbocycles. The molecule has 2 N–H and O–H groups in total. The normalized spacial score (nSPS) is 33.4. The van der Waals surface area contributed by atoms with Crippen LogP contribution in [0.25, 0.3) is 0 Å². The monoisotopic (exact) mass is 264 g/mol. The van der Waals surface area contributed by atoms with Crippen LogP contribution in [0, 0.1) is 11.8 Å². The minimum Gasteiger partial charge on any atom is -0.353 e. The minimum atomic E-state index is -4.13. The van der Waals surface area contributed by atoms with E-state index in [4.69, 9.17) is 0 Å². The van der Waals surface area contributed by atoms with Crippen molar-refractivity contribution in [2.24, 2.45) is 11.8 Å². The van der Waals surface area contributed by atoms with Crippen LogP contribution in [-0.4, -0.2) is 31.2 Å². The zero-order chi connectivity index (χ0) is 13.2. The van der Waals surface area contributed by atoms with Crippen molar-refractivity contribution in [3.63, 3.8) is 0 Å². The van der Waals surface area contributed by atoms with Crippen LogP contribution in [0.4, 0.5) is 13.2 Å². The van der Waals surface area contributed by atoms with Crippen LogP contribution < -0.4 is 10.6 Å². The lowest BCUT2D eigenvalue weighted by Crippen LogP contribution is -2.44. The largest absolute Gasteiger partial charge is 0.391 e. The maximum absolute atomic E-state index is 12.6. The van der Waals surface area contributed by atoms with E-state index >= 15 is 0 Å². The highest BCUT2D eigenvalue weighted by Gasteiger charge is 2.42. The summed E-state index contributed by atoms with van der Waals surface area (Å²) in [5, 5.41) is 5.87. The molecule has 0 spiro atoms. The molecule has 2 aliphatic rings. The Bertz CT molecular complexity index is 300. The third kappa shape index (κ3) is 3.37. The Morgan fingerprint density at radius 1 is 1.22 bits per heavy atom. The first-order valence-electron chi connectivity index (χ1n) is 6.54. The van der Waals surface area contributed by atoms with Crippen molar-refractivity contribution in [1.29, 1.82) is 0 Å². The molecule has 1 aliphatic heterocycles. The smallest absolute Gasteiger partial charge is 0.353 e. The number of carbonyl (C=O) groups is 1. The molecule has 0 aromatic heterocycles. The first kappa shape index (κ1) is 13.6. The van der Waals surface area contributed by atoms with E-state index in [0.717, 1.165) is 13.0 Å². The van der Waals surface area contributed by atoms with Crippen molar-refractivity contribution in [2.45, 2.75) is 44.3 Å². The molecule has 3 atom stereocenters. The Hall–Kier alpha value is -0.780. The van der Waals surface area contributed by atoms with Crippen LogP contribution in [0.15, 0.2) is 0 Å². The van der Waals surface area contributed by atoms with Gasteiger partial charge in [-0.15, -0.1) is 0 Å². The first-order valence-corrected chi connectivity index (χ1v) is 6.54. The fourth-order valence-corrected chi connectivity index (χ4v) is 2.82. The van der Waals surface area contributed by atoms with E-state index in [2.05, 4.69) is 10.6 Å². The molecule has 1 saturated carbocycles. The summed E-state index contributed by atoms with van der Waals surface area (Å²) in [6, 6.07) is -0.307. The number of carbonyl (C=O) groups excluding carboxylic acids is 1. The highest BCUT2D eigenvalue weighted by molar-refractivity contribution is 5.79. The number of rotatable bonds is 2. The van der Waals surface area contributed by atoms with Gasteiger partial charge in [0, 0.05) is 12.6 Å². The number of hydrogen-bond acceptors (Lipinski definition) is 2. The quantitative estimate of drug-likeness (QED) is 0.799. The highest BCUT2D eigenvalue weighted by Crippen LogP contribution is 2.37. The van der Waals surface area contributed by atoms with E-state index < -0.39 is 12.1 Å². The van der Waals surface area contributed by atoms with Crippen molar-refractivity contribution < 1.29 is 18.0 Å². The lowest BCUT2D eigenvalue weighted by molar-refractivity contribution is -0.184. The predicted octanol–water partition coefficient (Wildman–Crippen LogP) is 1.83. The Kier molecular flexibility index (Phi) is 4.14. The van der Waals surface area contributed by atoms with Gasteiger partial charge in [-0.3, -0.25) is 4.79 Å². The standard InChI is InChI=1S/C12H19F3N2O/c13-12(14,15)9-2-1-3-10(6-9)17-11(18)8-4-5-16-7-8/h8-10,16H,1-7H2,(H,17,18). The second kappa shape index (κ2) is 5.47. The average molecular weight is 264 g/mol. The molecule has 0 aromatic rings. The second-order valence-corrected chi connectivity index (χ2v) is 5.30. The SMILES string of the molecule is O=C(NC1CCCC(C(F)(F)F)C1)C1CCNC1. The van der Waals surface area contributed by atoms with Gasteiger partial charge in [0.1, 0.15) is 0 Å². The van der Waals surface area contributed by atoms with E-state index in [1.54, 1.807) is 0 Å². The number of alkyl halides is 3. The van der Waals surface area contributed by atoms with E-state index in [9.17, 15) is 18.0 Å².